The summed E-state index contributed by atoms with van der Waals surface area (Å²) in [4.78, 5) is 16.6. The molecule has 0 atom stereocenters. The number of hydrogen-bond donors (Lipinski definition) is 0. The maximum absolute atomic E-state index is 12.9. The third-order valence-electron chi connectivity index (χ3n) is 3.39. The normalized spacial score (nSPS) is 13.5. The molecule has 3 rings (SSSR count). The fraction of sp³-hybridized carbons (Fsp3) is 0.176. The van der Waals surface area contributed by atoms with E-state index in [1.54, 1.807) is 0 Å². The quantitative estimate of drug-likeness (QED) is 0.808. The second-order valence-corrected chi connectivity index (χ2v) is 5.78. The van der Waals surface area contributed by atoms with E-state index in [4.69, 9.17) is 0 Å². The highest BCUT2D eigenvalue weighted by molar-refractivity contribution is 8.15. The van der Waals surface area contributed by atoms with Gasteiger partial charge >= 0.3 is 0 Å². The molecule has 1 heterocycles. The van der Waals surface area contributed by atoms with Crippen LogP contribution in [0.3, 0.4) is 0 Å². The molecule has 0 aliphatic carbocycles. The molecule has 0 spiro atoms. The number of aliphatic imine (C=N–C) groups is 1. The van der Waals surface area contributed by atoms with Crippen LogP contribution in [-0.4, -0.2) is 23.1 Å². The van der Waals surface area contributed by atoms with Crippen LogP contribution in [0.25, 0.3) is 0 Å². The van der Waals surface area contributed by atoms with Gasteiger partial charge in [-0.3, -0.25) is 9.79 Å². The first-order valence-electron chi connectivity index (χ1n) is 6.78. The summed E-state index contributed by atoms with van der Waals surface area (Å²) in [5, 5.41) is 0.923. The molecule has 4 heteroatoms. The Kier molecular flexibility index (Phi) is 4.15. The topological polar surface area (TPSA) is 29.4 Å². The van der Waals surface area contributed by atoms with Crippen LogP contribution in [0.2, 0.25) is 0 Å². The molecule has 0 saturated carbocycles. The molecule has 1 aliphatic heterocycles. The minimum Gasteiger partial charge on any atom is -0.293 e. The molecule has 0 fully saturated rings. The van der Waals surface area contributed by atoms with Gasteiger partial charge in [0.25, 0.3) is 0 Å². The first-order chi connectivity index (χ1) is 10.2. The minimum atomic E-state index is -0.329. The summed E-state index contributed by atoms with van der Waals surface area (Å²) in [6.45, 7) is 0.768. The smallest absolute Gasteiger partial charge is 0.173 e. The van der Waals surface area contributed by atoms with Crippen molar-refractivity contribution in [2.75, 3.05) is 12.3 Å². The van der Waals surface area contributed by atoms with Gasteiger partial charge in [0.1, 0.15) is 5.82 Å². The Hall–Kier alpha value is -1.94. The van der Waals surface area contributed by atoms with E-state index in [1.165, 1.54) is 41.6 Å². The fourth-order valence-electron chi connectivity index (χ4n) is 2.29. The molecule has 0 amide bonds. The van der Waals surface area contributed by atoms with Gasteiger partial charge in [-0.25, -0.2) is 4.39 Å². The Morgan fingerprint density at radius 2 is 1.90 bits per heavy atom. The van der Waals surface area contributed by atoms with Crippen molar-refractivity contribution in [3.05, 3.63) is 71.0 Å². The molecule has 2 aromatic carbocycles. The van der Waals surface area contributed by atoms with E-state index in [1.807, 2.05) is 18.2 Å². The zero-order chi connectivity index (χ0) is 14.7. The van der Waals surface area contributed by atoms with Gasteiger partial charge in [-0.15, -0.1) is 0 Å². The van der Waals surface area contributed by atoms with E-state index in [-0.39, 0.29) is 11.6 Å². The van der Waals surface area contributed by atoms with Crippen molar-refractivity contribution < 1.29 is 9.18 Å². The number of carbonyl (C=O) groups is 1. The molecule has 0 unspecified atom stereocenters. The number of rotatable bonds is 3. The Morgan fingerprint density at radius 3 is 2.71 bits per heavy atom. The number of nitrogens with zero attached hydrogens (tertiary/aromatic N) is 1. The van der Waals surface area contributed by atoms with E-state index in [9.17, 15) is 9.18 Å². The Labute approximate surface area is 127 Å². The van der Waals surface area contributed by atoms with Gasteiger partial charge in [0.2, 0.25) is 0 Å². The SMILES string of the molecule is O=C(CSC1=NCCc2ccccc21)c1ccc(F)cc1. The number of benzene rings is 2. The summed E-state index contributed by atoms with van der Waals surface area (Å²) in [6, 6.07) is 13.8. The Balaban J connectivity index is 1.69. The first kappa shape index (κ1) is 14.0. The standard InChI is InChI=1S/C17H14FNOS/c18-14-7-5-13(6-8-14)16(20)11-21-17-15-4-2-1-3-12(15)9-10-19-17/h1-8H,9-11H2. The maximum atomic E-state index is 12.9. The maximum Gasteiger partial charge on any atom is 0.173 e. The Morgan fingerprint density at radius 1 is 1.14 bits per heavy atom. The number of halogens is 1. The van der Waals surface area contributed by atoms with Gasteiger partial charge in [-0.1, -0.05) is 36.0 Å². The van der Waals surface area contributed by atoms with Crippen LogP contribution in [-0.2, 0) is 6.42 Å². The number of ketones is 1. The summed E-state index contributed by atoms with van der Waals surface area (Å²) in [5.74, 6) is -0.0192. The second kappa shape index (κ2) is 6.22. The van der Waals surface area contributed by atoms with Gasteiger partial charge in [-0.2, -0.15) is 0 Å². The van der Waals surface area contributed by atoms with Gasteiger partial charge < -0.3 is 0 Å². The van der Waals surface area contributed by atoms with Crippen molar-refractivity contribution in [3.63, 3.8) is 0 Å². The van der Waals surface area contributed by atoms with Gasteiger partial charge in [0.15, 0.2) is 5.78 Å². The summed E-state index contributed by atoms with van der Waals surface area (Å²) in [5.41, 5.74) is 2.94. The molecule has 21 heavy (non-hydrogen) atoms. The van der Waals surface area contributed by atoms with E-state index < -0.39 is 0 Å². The van der Waals surface area contributed by atoms with E-state index in [0.717, 1.165) is 23.6 Å². The van der Waals surface area contributed by atoms with E-state index in [0.29, 0.717) is 11.3 Å². The average Bonchev–Trinajstić information content (AvgIpc) is 2.53. The van der Waals surface area contributed by atoms with Gasteiger partial charge in [0.05, 0.1) is 10.8 Å². The summed E-state index contributed by atoms with van der Waals surface area (Å²) in [7, 11) is 0. The van der Waals surface area contributed by atoms with E-state index >= 15 is 0 Å². The highest BCUT2D eigenvalue weighted by Crippen LogP contribution is 2.23. The number of carbonyl (C=O) groups excluding carboxylic acids is 1. The lowest BCUT2D eigenvalue weighted by Gasteiger charge is -2.15. The van der Waals surface area contributed by atoms with Crippen LogP contribution in [0.15, 0.2) is 53.5 Å². The van der Waals surface area contributed by atoms with Crippen molar-refractivity contribution in [3.8, 4) is 0 Å². The summed E-state index contributed by atoms with van der Waals surface area (Å²) >= 11 is 1.45. The van der Waals surface area contributed by atoms with Gasteiger partial charge in [-0.05, 0) is 36.2 Å². The highest BCUT2D eigenvalue weighted by Gasteiger charge is 2.15. The monoisotopic (exact) mass is 299 g/mol. The van der Waals surface area contributed by atoms with Crippen LogP contribution in [0.5, 0.6) is 0 Å². The molecule has 0 radical (unpaired) electrons. The lowest BCUT2D eigenvalue weighted by atomic mass is 10.0. The number of Topliss-reactive ketones (excluding diaryl/α,β-unsaturated/α-hetero) is 1. The number of thioether (sulfide) groups is 1. The molecule has 1 aliphatic rings. The lowest BCUT2D eigenvalue weighted by Crippen LogP contribution is -2.12. The lowest BCUT2D eigenvalue weighted by molar-refractivity contribution is 0.102. The van der Waals surface area contributed by atoms with Crippen LogP contribution >= 0.6 is 11.8 Å². The molecule has 0 N–H and O–H groups in total. The van der Waals surface area contributed by atoms with Crippen molar-refractivity contribution >= 4 is 22.6 Å². The minimum absolute atomic E-state index is 0.00856. The molecular formula is C17H14FNOS. The van der Waals surface area contributed by atoms with E-state index in [2.05, 4.69) is 11.1 Å². The van der Waals surface area contributed by atoms with Crippen LogP contribution in [0.4, 0.5) is 4.39 Å². The molecule has 106 valence electrons. The predicted molar refractivity (Wildman–Crippen MR) is 84.7 cm³/mol. The number of fused-ring (bicyclic) bond motifs is 1. The third kappa shape index (κ3) is 3.22. The van der Waals surface area contributed by atoms with Crippen molar-refractivity contribution in [2.45, 2.75) is 6.42 Å². The summed E-state index contributed by atoms with van der Waals surface area (Å²) in [6.07, 6.45) is 0.951. The fourth-order valence-corrected chi connectivity index (χ4v) is 3.26. The van der Waals surface area contributed by atoms with Crippen LogP contribution < -0.4 is 0 Å². The van der Waals surface area contributed by atoms with Crippen molar-refractivity contribution in [1.82, 2.24) is 0 Å². The molecule has 2 aromatic rings. The molecule has 0 saturated heterocycles. The zero-order valence-corrected chi connectivity index (χ0v) is 12.2. The molecule has 0 bridgehead atoms. The zero-order valence-electron chi connectivity index (χ0n) is 11.4. The molecule has 2 nitrogen and oxygen atoms in total. The molecule has 0 aromatic heterocycles. The predicted octanol–water partition coefficient (Wildman–Crippen LogP) is 3.74. The Bertz CT molecular complexity index is 694. The summed E-state index contributed by atoms with van der Waals surface area (Å²) < 4.78 is 12.9. The van der Waals surface area contributed by atoms with Crippen LogP contribution in [0, 0.1) is 5.82 Å². The highest BCUT2D eigenvalue weighted by atomic mass is 32.2. The average molecular weight is 299 g/mol. The van der Waals surface area contributed by atoms with Gasteiger partial charge in [0, 0.05) is 17.7 Å². The first-order valence-corrected chi connectivity index (χ1v) is 7.77. The van der Waals surface area contributed by atoms with Crippen molar-refractivity contribution in [2.24, 2.45) is 4.99 Å². The third-order valence-corrected chi connectivity index (χ3v) is 4.42. The van der Waals surface area contributed by atoms with Crippen LogP contribution in [0.1, 0.15) is 21.5 Å². The molecular weight excluding hydrogens is 285 g/mol. The van der Waals surface area contributed by atoms with Crippen molar-refractivity contribution in [1.29, 1.82) is 0 Å². The number of hydrogen-bond acceptors (Lipinski definition) is 3. The largest absolute Gasteiger partial charge is 0.293 e. The second-order valence-electron chi connectivity index (χ2n) is 4.81.